The summed E-state index contributed by atoms with van der Waals surface area (Å²) in [6, 6.07) is 11.2. The lowest BCUT2D eigenvalue weighted by atomic mass is 10.2. The number of nitrogens with one attached hydrogen (secondary N) is 1. The molecule has 0 aliphatic rings. The van der Waals surface area contributed by atoms with Crippen LogP contribution in [0.5, 0.6) is 5.75 Å². The summed E-state index contributed by atoms with van der Waals surface area (Å²) in [7, 11) is 1.41. The third-order valence-corrected chi connectivity index (χ3v) is 3.32. The van der Waals surface area contributed by atoms with Crippen molar-refractivity contribution < 1.29 is 14.5 Å². The Hall–Kier alpha value is -2.86. The minimum absolute atomic E-state index is 0.0876. The average molecular weight is 333 g/mol. The van der Waals surface area contributed by atoms with Gasteiger partial charge in [0, 0.05) is 11.1 Å². The molecule has 0 atom stereocenters. The van der Waals surface area contributed by atoms with Crippen LogP contribution in [0.25, 0.3) is 6.08 Å². The zero-order chi connectivity index (χ0) is 16.8. The first-order valence-corrected chi connectivity index (χ1v) is 6.95. The SMILES string of the molecule is COc1ccc(NC(=O)/C=C/c2ccccc2Cl)c([N+](=O)[O-])c1. The molecule has 0 aromatic heterocycles. The van der Waals surface area contributed by atoms with Crippen LogP contribution in [-0.2, 0) is 4.79 Å². The van der Waals surface area contributed by atoms with E-state index >= 15 is 0 Å². The van der Waals surface area contributed by atoms with Gasteiger partial charge in [0.1, 0.15) is 11.4 Å². The van der Waals surface area contributed by atoms with Crippen molar-refractivity contribution in [1.29, 1.82) is 0 Å². The van der Waals surface area contributed by atoms with Crippen LogP contribution in [0, 0.1) is 10.1 Å². The summed E-state index contributed by atoms with van der Waals surface area (Å²) in [5, 5.41) is 14.0. The van der Waals surface area contributed by atoms with Gasteiger partial charge in [-0.3, -0.25) is 14.9 Å². The number of rotatable bonds is 5. The van der Waals surface area contributed by atoms with Crippen LogP contribution in [0.4, 0.5) is 11.4 Å². The summed E-state index contributed by atoms with van der Waals surface area (Å²) in [6.45, 7) is 0. The number of anilines is 1. The summed E-state index contributed by atoms with van der Waals surface area (Å²) < 4.78 is 4.94. The van der Waals surface area contributed by atoms with Gasteiger partial charge in [0.2, 0.25) is 5.91 Å². The molecule has 0 fully saturated rings. The quantitative estimate of drug-likeness (QED) is 0.511. The Morgan fingerprint density at radius 3 is 2.70 bits per heavy atom. The summed E-state index contributed by atoms with van der Waals surface area (Å²) in [5.74, 6) is -0.167. The third-order valence-electron chi connectivity index (χ3n) is 2.98. The highest BCUT2D eigenvalue weighted by atomic mass is 35.5. The van der Waals surface area contributed by atoms with Crippen molar-refractivity contribution >= 4 is 35.0 Å². The molecular weight excluding hydrogens is 320 g/mol. The fourth-order valence-electron chi connectivity index (χ4n) is 1.85. The molecule has 0 saturated carbocycles. The highest BCUT2D eigenvalue weighted by Crippen LogP contribution is 2.29. The second-order valence-electron chi connectivity index (χ2n) is 4.48. The monoisotopic (exact) mass is 332 g/mol. The van der Waals surface area contributed by atoms with Gasteiger partial charge in [-0.1, -0.05) is 29.8 Å². The van der Waals surface area contributed by atoms with E-state index in [1.54, 1.807) is 24.3 Å². The number of nitro benzene ring substituents is 1. The minimum Gasteiger partial charge on any atom is -0.496 e. The van der Waals surface area contributed by atoms with Gasteiger partial charge in [0.05, 0.1) is 18.1 Å². The van der Waals surface area contributed by atoms with Gasteiger partial charge in [-0.15, -0.1) is 0 Å². The summed E-state index contributed by atoms with van der Waals surface area (Å²) >= 11 is 5.98. The molecule has 118 valence electrons. The molecule has 6 nitrogen and oxygen atoms in total. The number of amides is 1. The van der Waals surface area contributed by atoms with Crippen molar-refractivity contribution in [3.05, 3.63) is 69.2 Å². The Kier molecular flexibility index (Phi) is 5.32. The largest absolute Gasteiger partial charge is 0.496 e. The van der Waals surface area contributed by atoms with Gasteiger partial charge in [0.25, 0.3) is 5.69 Å². The van der Waals surface area contributed by atoms with Crippen LogP contribution in [-0.4, -0.2) is 17.9 Å². The number of hydrogen-bond acceptors (Lipinski definition) is 4. The number of hydrogen-bond donors (Lipinski definition) is 1. The predicted octanol–water partition coefficient (Wildman–Crippen LogP) is 3.91. The van der Waals surface area contributed by atoms with Crippen molar-refractivity contribution in [3.8, 4) is 5.75 Å². The molecule has 2 rings (SSSR count). The first-order chi connectivity index (χ1) is 11.0. The average Bonchev–Trinajstić information content (AvgIpc) is 2.54. The topological polar surface area (TPSA) is 81.5 Å². The highest BCUT2D eigenvalue weighted by molar-refractivity contribution is 6.32. The fraction of sp³-hybridized carbons (Fsp3) is 0.0625. The molecule has 0 heterocycles. The Morgan fingerprint density at radius 2 is 2.04 bits per heavy atom. The molecule has 23 heavy (non-hydrogen) atoms. The summed E-state index contributed by atoms with van der Waals surface area (Å²) in [4.78, 5) is 22.4. The molecule has 0 saturated heterocycles. The zero-order valence-corrected chi connectivity index (χ0v) is 12.9. The van der Waals surface area contributed by atoms with Crippen molar-refractivity contribution in [2.45, 2.75) is 0 Å². The lowest BCUT2D eigenvalue weighted by Crippen LogP contribution is -2.09. The molecule has 7 heteroatoms. The van der Waals surface area contributed by atoms with E-state index < -0.39 is 10.8 Å². The van der Waals surface area contributed by atoms with E-state index in [9.17, 15) is 14.9 Å². The van der Waals surface area contributed by atoms with Gasteiger partial charge in [-0.2, -0.15) is 0 Å². The number of carbonyl (C=O) groups excluding carboxylic acids is 1. The Balaban J connectivity index is 2.17. The molecule has 0 aliphatic heterocycles. The number of halogens is 1. The van der Waals surface area contributed by atoms with Gasteiger partial charge in [0.15, 0.2) is 0 Å². The number of benzene rings is 2. The second kappa shape index (κ2) is 7.42. The van der Waals surface area contributed by atoms with Gasteiger partial charge >= 0.3 is 0 Å². The Morgan fingerprint density at radius 1 is 1.30 bits per heavy atom. The van der Waals surface area contributed by atoms with E-state index in [2.05, 4.69) is 5.32 Å². The summed E-state index contributed by atoms with van der Waals surface area (Å²) in [5.41, 5.74) is 0.516. The van der Waals surface area contributed by atoms with E-state index in [1.807, 2.05) is 0 Å². The van der Waals surface area contributed by atoms with Gasteiger partial charge in [-0.05, 0) is 29.8 Å². The van der Waals surface area contributed by atoms with Crippen molar-refractivity contribution in [2.75, 3.05) is 12.4 Å². The van der Waals surface area contributed by atoms with Crippen LogP contribution in [0.1, 0.15) is 5.56 Å². The maximum atomic E-state index is 11.9. The molecule has 1 amide bonds. The number of methoxy groups -OCH3 is 1. The summed E-state index contributed by atoms with van der Waals surface area (Å²) in [6.07, 6.45) is 2.79. The van der Waals surface area contributed by atoms with E-state index in [0.29, 0.717) is 16.3 Å². The van der Waals surface area contributed by atoms with Crippen LogP contribution in [0.2, 0.25) is 5.02 Å². The van der Waals surface area contributed by atoms with Crippen LogP contribution < -0.4 is 10.1 Å². The van der Waals surface area contributed by atoms with Gasteiger partial charge < -0.3 is 10.1 Å². The van der Waals surface area contributed by atoms with E-state index in [0.717, 1.165) is 0 Å². The predicted molar refractivity (Wildman–Crippen MR) is 88.8 cm³/mol. The maximum Gasteiger partial charge on any atom is 0.296 e. The normalized spacial score (nSPS) is 10.5. The van der Waals surface area contributed by atoms with Crippen molar-refractivity contribution in [1.82, 2.24) is 0 Å². The molecule has 1 N–H and O–H groups in total. The van der Waals surface area contributed by atoms with Crippen molar-refractivity contribution in [2.24, 2.45) is 0 Å². The number of nitrogens with zero attached hydrogens (tertiary/aromatic N) is 1. The van der Waals surface area contributed by atoms with Crippen LogP contribution >= 0.6 is 11.6 Å². The first kappa shape index (κ1) is 16.5. The van der Waals surface area contributed by atoms with Crippen LogP contribution in [0.15, 0.2) is 48.5 Å². The van der Waals surface area contributed by atoms with E-state index in [1.165, 1.54) is 37.5 Å². The highest BCUT2D eigenvalue weighted by Gasteiger charge is 2.16. The Bertz CT molecular complexity index is 774. The molecule has 0 bridgehead atoms. The lowest BCUT2D eigenvalue weighted by Gasteiger charge is -2.05. The van der Waals surface area contributed by atoms with E-state index in [4.69, 9.17) is 16.3 Å². The number of carbonyl (C=O) groups is 1. The maximum absolute atomic E-state index is 11.9. The fourth-order valence-corrected chi connectivity index (χ4v) is 2.04. The molecule has 0 aliphatic carbocycles. The van der Waals surface area contributed by atoms with Gasteiger partial charge in [-0.25, -0.2) is 0 Å². The molecule has 0 unspecified atom stereocenters. The smallest absolute Gasteiger partial charge is 0.296 e. The Labute approximate surface area is 137 Å². The zero-order valence-electron chi connectivity index (χ0n) is 12.2. The standard InChI is InChI=1S/C16H13ClN2O4/c1-23-12-7-8-14(15(10-12)19(21)22)18-16(20)9-6-11-4-2-3-5-13(11)17/h2-10H,1H3,(H,18,20)/b9-6+. The molecule has 2 aromatic rings. The van der Waals surface area contributed by atoms with Crippen molar-refractivity contribution in [3.63, 3.8) is 0 Å². The number of nitro groups is 1. The molecule has 0 spiro atoms. The molecule has 2 aromatic carbocycles. The molecular formula is C16H13ClN2O4. The third kappa shape index (κ3) is 4.31. The second-order valence-corrected chi connectivity index (χ2v) is 4.89. The molecule has 0 radical (unpaired) electrons. The minimum atomic E-state index is -0.587. The van der Waals surface area contributed by atoms with Crippen LogP contribution in [0.3, 0.4) is 0 Å². The number of ether oxygens (including phenoxy) is 1. The first-order valence-electron chi connectivity index (χ1n) is 6.57. The lowest BCUT2D eigenvalue weighted by molar-refractivity contribution is -0.384. The van der Waals surface area contributed by atoms with E-state index in [-0.39, 0.29) is 11.4 Å².